The van der Waals surface area contributed by atoms with E-state index in [2.05, 4.69) is 13.5 Å². The van der Waals surface area contributed by atoms with Crippen LogP contribution in [0.1, 0.15) is 64.7 Å². The number of hydrogen-bond donors (Lipinski definition) is 1. The smallest absolute Gasteiger partial charge is 0.777 e. The maximum atomic E-state index is 10.8. The molecule has 0 saturated heterocycles. The van der Waals surface area contributed by atoms with Crippen LogP contribution >= 0.6 is 7.60 Å². The predicted octanol–water partition coefficient (Wildman–Crippen LogP) is 0.629. The first-order chi connectivity index (χ1) is 12.0. The van der Waals surface area contributed by atoms with Crippen LogP contribution in [0.25, 0.3) is 0 Å². The molecule has 8 heteroatoms. The summed E-state index contributed by atoms with van der Waals surface area (Å²) in [7, 11) is -4.43. The van der Waals surface area contributed by atoms with Crippen LogP contribution in [0.4, 0.5) is 0 Å². The second kappa shape index (κ2) is 20.5. The Hall–Kier alpha value is 0.770. The molecule has 0 radical (unpaired) electrons. The van der Waals surface area contributed by atoms with Crippen LogP contribution in [0.2, 0.25) is 0 Å². The SMILES string of the molecule is C=CCOCC(COCCCCCCCCCCC)OCP(=O)([O-])O.[Na+]. The van der Waals surface area contributed by atoms with Gasteiger partial charge in [0.1, 0.15) is 12.5 Å². The summed E-state index contributed by atoms with van der Waals surface area (Å²) in [6, 6.07) is 0. The molecule has 0 bridgehead atoms. The van der Waals surface area contributed by atoms with Gasteiger partial charge in [-0.15, -0.1) is 6.58 Å². The molecule has 26 heavy (non-hydrogen) atoms. The number of hydrogen-bond acceptors (Lipinski definition) is 5. The Labute approximate surface area is 181 Å². The first-order valence-corrected chi connectivity index (χ1v) is 11.2. The van der Waals surface area contributed by atoms with Gasteiger partial charge in [-0.2, -0.15) is 0 Å². The third-order valence-electron chi connectivity index (χ3n) is 3.71. The molecule has 0 aliphatic rings. The van der Waals surface area contributed by atoms with E-state index >= 15 is 0 Å². The third kappa shape index (κ3) is 22.8. The standard InChI is InChI=1S/C18H37O6P.Na/c1-3-5-6-7-8-9-10-11-12-14-23-16-18(15-22-13-4-2)24-17-25(19,20)21;/h4,18H,2-3,5-17H2,1H3,(H2,19,20,21);/q;+1/p-1. The van der Waals surface area contributed by atoms with Crippen molar-refractivity contribution in [3.05, 3.63) is 12.7 Å². The van der Waals surface area contributed by atoms with E-state index in [4.69, 9.17) is 19.1 Å². The van der Waals surface area contributed by atoms with Crippen molar-refractivity contribution in [3.63, 3.8) is 0 Å². The number of ether oxygens (including phenoxy) is 3. The molecular formula is C18H36NaO6P. The van der Waals surface area contributed by atoms with Crippen LogP contribution in [0.15, 0.2) is 12.7 Å². The molecule has 1 N–H and O–H groups in total. The van der Waals surface area contributed by atoms with Gasteiger partial charge in [-0.05, 0) is 6.42 Å². The van der Waals surface area contributed by atoms with Gasteiger partial charge in [0.15, 0.2) is 7.60 Å². The number of rotatable bonds is 19. The fraction of sp³-hybridized carbons (Fsp3) is 0.889. The molecule has 0 aliphatic carbocycles. The van der Waals surface area contributed by atoms with Gasteiger partial charge in [0.05, 0.1) is 19.8 Å². The molecular weight excluding hydrogens is 366 g/mol. The Morgan fingerprint density at radius 1 is 1.04 bits per heavy atom. The summed E-state index contributed by atoms with van der Waals surface area (Å²) in [5.41, 5.74) is 0. The largest absolute Gasteiger partial charge is 1.00 e. The molecule has 0 heterocycles. The predicted molar refractivity (Wildman–Crippen MR) is 98.6 cm³/mol. The Balaban J connectivity index is 0. The molecule has 0 aromatic carbocycles. The molecule has 0 aromatic heterocycles. The molecule has 6 nitrogen and oxygen atoms in total. The summed E-state index contributed by atoms with van der Waals surface area (Å²) < 4.78 is 26.7. The minimum Gasteiger partial charge on any atom is -0.777 e. The molecule has 0 saturated carbocycles. The van der Waals surface area contributed by atoms with Crippen LogP contribution in [0, 0.1) is 0 Å². The maximum absolute atomic E-state index is 10.8. The monoisotopic (exact) mass is 402 g/mol. The van der Waals surface area contributed by atoms with Crippen molar-refractivity contribution in [3.8, 4) is 0 Å². The second-order valence-electron chi connectivity index (χ2n) is 6.28. The van der Waals surface area contributed by atoms with E-state index in [-0.39, 0.29) is 42.8 Å². The van der Waals surface area contributed by atoms with E-state index in [0.717, 1.165) is 12.8 Å². The first-order valence-electron chi connectivity index (χ1n) is 9.40. The third-order valence-corrected chi connectivity index (χ3v) is 4.18. The molecule has 2 atom stereocenters. The molecule has 150 valence electrons. The summed E-state index contributed by atoms with van der Waals surface area (Å²) in [5.74, 6) is 0. The van der Waals surface area contributed by atoms with Crippen LogP contribution in [0.3, 0.4) is 0 Å². The van der Waals surface area contributed by atoms with E-state index in [1.54, 1.807) is 6.08 Å². The average molecular weight is 402 g/mol. The summed E-state index contributed by atoms with van der Waals surface area (Å²) in [6.45, 7) is 7.18. The van der Waals surface area contributed by atoms with E-state index < -0.39 is 20.0 Å². The van der Waals surface area contributed by atoms with Gasteiger partial charge in [0.2, 0.25) is 0 Å². The van der Waals surface area contributed by atoms with Crippen molar-refractivity contribution in [2.24, 2.45) is 0 Å². The van der Waals surface area contributed by atoms with Crippen LogP contribution < -0.4 is 34.5 Å². The first kappa shape index (κ1) is 29.0. The molecule has 0 aromatic rings. The van der Waals surface area contributed by atoms with Crippen LogP contribution in [-0.4, -0.2) is 43.8 Å². The van der Waals surface area contributed by atoms with Crippen molar-refractivity contribution in [1.29, 1.82) is 0 Å². The van der Waals surface area contributed by atoms with Gasteiger partial charge in [0.25, 0.3) is 0 Å². The van der Waals surface area contributed by atoms with E-state index in [1.165, 1.54) is 44.9 Å². The van der Waals surface area contributed by atoms with Crippen molar-refractivity contribution < 1.29 is 58.1 Å². The molecule has 0 fully saturated rings. The Morgan fingerprint density at radius 2 is 1.58 bits per heavy atom. The van der Waals surface area contributed by atoms with Gasteiger partial charge in [-0.1, -0.05) is 64.4 Å². The molecule has 2 unspecified atom stereocenters. The van der Waals surface area contributed by atoms with Gasteiger partial charge < -0.3 is 28.6 Å². The van der Waals surface area contributed by atoms with Crippen molar-refractivity contribution >= 4 is 7.60 Å². The average Bonchev–Trinajstić information content (AvgIpc) is 2.56. The zero-order chi connectivity index (χ0) is 18.8. The molecule has 0 aliphatic heterocycles. The van der Waals surface area contributed by atoms with Crippen molar-refractivity contribution in [2.45, 2.75) is 70.8 Å². The fourth-order valence-corrected chi connectivity index (χ4v) is 2.76. The summed E-state index contributed by atoms with van der Waals surface area (Å²) in [5, 5.41) is 0. The summed E-state index contributed by atoms with van der Waals surface area (Å²) in [4.78, 5) is 19.6. The quantitative estimate of drug-likeness (QED) is 0.148. The zero-order valence-corrected chi connectivity index (χ0v) is 19.6. The number of unbranched alkanes of at least 4 members (excludes halogenated alkanes) is 8. The van der Waals surface area contributed by atoms with Crippen molar-refractivity contribution in [2.75, 3.05) is 32.8 Å². The molecule has 0 amide bonds. The summed E-state index contributed by atoms with van der Waals surface area (Å²) >= 11 is 0. The van der Waals surface area contributed by atoms with E-state index in [9.17, 15) is 9.46 Å². The Kier molecular flexibility index (Phi) is 22.8. The van der Waals surface area contributed by atoms with Crippen LogP contribution in [0.5, 0.6) is 0 Å². The molecule has 0 rings (SSSR count). The van der Waals surface area contributed by atoms with E-state index in [1.807, 2.05) is 0 Å². The fourth-order valence-electron chi connectivity index (χ4n) is 2.36. The van der Waals surface area contributed by atoms with Gasteiger partial charge in [0, 0.05) is 6.61 Å². The topological polar surface area (TPSA) is 88.1 Å². The Bertz CT molecular complexity index is 351. The maximum Gasteiger partial charge on any atom is 1.00 e. The minimum absolute atomic E-state index is 0. The zero-order valence-electron chi connectivity index (χ0n) is 16.7. The van der Waals surface area contributed by atoms with Crippen LogP contribution in [-0.2, 0) is 18.8 Å². The van der Waals surface area contributed by atoms with Crippen molar-refractivity contribution in [1.82, 2.24) is 0 Å². The summed E-state index contributed by atoms with van der Waals surface area (Å²) in [6.07, 6.45) is 11.6. The normalized spacial score (nSPS) is 14.4. The second-order valence-corrected chi connectivity index (χ2v) is 7.82. The van der Waals surface area contributed by atoms with Gasteiger partial charge >= 0.3 is 29.6 Å². The van der Waals surface area contributed by atoms with E-state index in [0.29, 0.717) is 13.2 Å². The minimum atomic E-state index is -4.43. The van der Waals surface area contributed by atoms with Gasteiger partial charge in [-0.25, -0.2) is 0 Å². The Morgan fingerprint density at radius 3 is 2.12 bits per heavy atom. The van der Waals surface area contributed by atoms with Gasteiger partial charge in [-0.3, -0.25) is 0 Å². The molecule has 0 spiro atoms.